The minimum Gasteiger partial charge on any atom is -0.375 e. The van der Waals surface area contributed by atoms with E-state index in [-0.39, 0.29) is 6.03 Å². The van der Waals surface area contributed by atoms with Crippen molar-refractivity contribution in [2.75, 3.05) is 50.8 Å². The van der Waals surface area contributed by atoms with Gasteiger partial charge in [-0.05, 0) is 13.8 Å². The van der Waals surface area contributed by atoms with Gasteiger partial charge >= 0.3 is 6.03 Å². The first-order chi connectivity index (χ1) is 10.6. The average Bonchev–Trinajstić information content (AvgIpc) is 2.93. The van der Waals surface area contributed by atoms with Crippen LogP contribution in [0.15, 0.2) is 18.2 Å². The molecule has 1 aliphatic rings. The van der Waals surface area contributed by atoms with E-state index in [9.17, 15) is 4.79 Å². The maximum atomic E-state index is 12.0. The summed E-state index contributed by atoms with van der Waals surface area (Å²) >= 11 is 0. The van der Waals surface area contributed by atoms with Crippen LogP contribution in [0.5, 0.6) is 0 Å². The number of hydrogen-bond donors (Lipinski definition) is 2. The summed E-state index contributed by atoms with van der Waals surface area (Å²) in [5, 5.41) is 10.1. The van der Waals surface area contributed by atoms with Crippen LogP contribution in [-0.4, -0.2) is 67.1 Å². The van der Waals surface area contributed by atoms with Gasteiger partial charge in [0.05, 0.1) is 13.2 Å². The van der Waals surface area contributed by atoms with Gasteiger partial charge in [-0.3, -0.25) is 5.10 Å². The van der Waals surface area contributed by atoms with E-state index < -0.39 is 0 Å². The Balaban J connectivity index is 1.65. The van der Waals surface area contributed by atoms with Gasteiger partial charge in [0.2, 0.25) is 0 Å². The third kappa shape index (κ3) is 4.77. The minimum atomic E-state index is -0.0308. The summed E-state index contributed by atoms with van der Waals surface area (Å²) in [6.45, 7) is 12.2. The van der Waals surface area contributed by atoms with Crippen molar-refractivity contribution in [1.29, 1.82) is 0 Å². The SMILES string of the molecule is C=C(C)COCCNC(=O)N1CCN(c2cc(C)[nH]n2)CC1. The zero-order valence-corrected chi connectivity index (χ0v) is 13.4. The number of carbonyl (C=O) groups is 1. The molecule has 0 unspecified atom stereocenters. The Hall–Kier alpha value is -2.02. The maximum absolute atomic E-state index is 12.0. The molecule has 1 fully saturated rings. The number of hydrogen-bond acceptors (Lipinski definition) is 4. The number of H-pyrrole nitrogens is 1. The minimum absolute atomic E-state index is 0.0308. The molecule has 2 heterocycles. The normalized spacial score (nSPS) is 15.0. The number of nitrogens with one attached hydrogen (secondary N) is 2. The molecule has 2 rings (SSSR count). The predicted molar refractivity (Wildman–Crippen MR) is 86.1 cm³/mol. The summed E-state index contributed by atoms with van der Waals surface area (Å²) in [4.78, 5) is 16.1. The van der Waals surface area contributed by atoms with Gasteiger partial charge in [0, 0.05) is 44.5 Å². The Kier molecular flexibility index (Phi) is 5.83. The lowest BCUT2D eigenvalue weighted by Gasteiger charge is -2.34. The van der Waals surface area contributed by atoms with Gasteiger partial charge in [-0.1, -0.05) is 12.2 Å². The molecule has 2 N–H and O–H groups in total. The number of urea groups is 1. The lowest BCUT2D eigenvalue weighted by Crippen LogP contribution is -2.52. The Morgan fingerprint density at radius 3 is 2.77 bits per heavy atom. The van der Waals surface area contributed by atoms with E-state index in [0.29, 0.717) is 32.8 Å². The second kappa shape index (κ2) is 7.84. The van der Waals surface area contributed by atoms with Crippen LogP contribution >= 0.6 is 0 Å². The molecule has 1 aromatic heterocycles. The number of rotatable bonds is 6. The number of piperazine rings is 1. The third-order valence-corrected chi connectivity index (χ3v) is 3.45. The third-order valence-electron chi connectivity index (χ3n) is 3.45. The molecule has 0 bridgehead atoms. The maximum Gasteiger partial charge on any atom is 0.317 e. The molecule has 2 amide bonds. The monoisotopic (exact) mass is 307 g/mol. The van der Waals surface area contributed by atoms with Crippen LogP contribution in [0.2, 0.25) is 0 Å². The highest BCUT2D eigenvalue weighted by Crippen LogP contribution is 2.14. The number of aromatic amines is 1. The van der Waals surface area contributed by atoms with E-state index in [1.54, 1.807) is 0 Å². The highest BCUT2D eigenvalue weighted by Gasteiger charge is 2.21. The number of aromatic nitrogens is 2. The Morgan fingerprint density at radius 1 is 1.45 bits per heavy atom. The molecule has 0 aromatic carbocycles. The van der Waals surface area contributed by atoms with Gasteiger partial charge in [-0.2, -0.15) is 5.10 Å². The van der Waals surface area contributed by atoms with Crippen molar-refractivity contribution in [2.24, 2.45) is 0 Å². The van der Waals surface area contributed by atoms with Gasteiger partial charge in [0.1, 0.15) is 0 Å². The molecule has 0 aliphatic carbocycles. The molecule has 22 heavy (non-hydrogen) atoms. The first kappa shape index (κ1) is 16.4. The highest BCUT2D eigenvalue weighted by atomic mass is 16.5. The summed E-state index contributed by atoms with van der Waals surface area (Å²) in [5.41, 5.74) is 2.03. The van der Waals surface area contributed by atoms with E-state index in [1.165, 1.54) is 0 Å². The lowest BCUT2D eigenvalue weighted by atomic mass is 10.3. The summed E-state index contributed by atoms with van der Waals surface area (Å²) in [7, 11) is 0. The first-order valence-electron chi connectivity index (χ1n) is 7.58. The van der Waals surface area contributed by atoms with Crippen LogP contribution in [0.3, 0.4) is 0 Å². The molecular formula is C15H25N5O2. The van der Waals surface area contributed by atoms with Crippen LogP contribution in [-0.2, 0) is 4.74 Å². The second-order valence-electron chi connectivity index (χ2n) is 5.62. The molecule has 0 saturated carbocycles. The highest BCUT2D eigenvalue weighted by molar-refractivity contribution is 5.74. The number of anilines is 1. The predicted octanol–water partition coefficient (Wildman–Crippen LogP) is 1.14. The van der Waals surface area contributed by atoms with Crippen LogP contribution in [0, 0.1) is 6.92 Å². The summed E-state index contributed by atoms with van der Waals surface area (Å²) in [6, 6.07) is 1.99. The van der Waals surface area contributed by atoms with Crippen molar-refractivity contribution in [1.82, 2.24) is 20.4 Å². The molecule has 0 spiro atoms. The van der Waals surface area contributed by atoms with Crippen molar-refractivity contribution in [3.63, 3.8) is 0 Å². The quantitative estimate of drug-likeness (QED) is 0.610. The fraction of sp³-hybridized carbons (Fsp3) is 0.600. The van der Waals surface area contributed by atoms with Crippen LogP contribution in [0.1, 0.15) is 12.6 Å². The van der Waals surface area contributed by atoms with Crippen LogP contribution in [0.4, 0.5) is 10.6 Å². The standard InChI is InChI=1S/C15H25N5O2/c1-12(2)11-22-9-4-16-15(21)20-7-5-19(6-8-20)14-10-13(3)17-18-14/h10H,1,4-9,11H2,2-3H3,(H,16,21)(H,17,18). The van der Waals surface area contributed by atoms with Crippen LogP contribution in [0.25, 0.3) is 0 Å². The van der Waals surface area contributed by atoms with Crippen molar-refractivity contribution in [3.8, 4) is 0 Å². The molecule has 0 atom stereocenters. The zero-order chi connectivity index (χ0) is 15.9. The summed E-state index contributed by atoms with van der Waals surface area (Å²) in [6.07, 6.45) is 0. The molecule has 1 aromatic rings. The Bertz CT molecular complexity index is 506. The van der Waals surface area contributed by atoms with Crippen LogP contribution < -0.4 is 10.2 Å². The first-order valence-corrected chi connectivity index (χ1v) is 7.58. The van der Waals surface area contributed by atoms with Crippen molar-refractivity contribution < 1.29 is 9.53 Å². The van der Waals surface area contributed by atoms with Gasteiger partial charge in [0.15, 0.2) is 5.82 Å². The molecule has 122 valence electrons. The van der Waals surface area contributed by atoms with E-state index >= 15 is 0 Å². The van der Waals surface area contributed by atoms with Gasteiger partial charge < -0.3 is 19.9 Å². The van der Waals surface area contributed by atoms with Gasteiger partial charge in [0.25, 0.3) is 0 Å². The Morgan fingerprint density at radius 2 is 2.18 bits per heavy atom. The number of ether oxygens (including phenoxy) is 1. The molecular weight excluding hydrogens is 282 g/mol. The fourth-order valence-corrected chi connectivity index (χ4v) is 2.29. The molecule has 7 heteroatoms. The summed E-state index contributed by atoms with van der Waals surface area (Å²) < 4.78 is 5.36. The molecule has 0 radical (unpaired) electrons. The number of aryl methyl sites for hydroxylation is 1. The number of carbonyl (C=O) groups excluding carboxylic acids is 1. The van der Waals surface area contributed by atoms with Crippen molar-refractivity contribution in [2.45, 2.75) is 13.8 Å². The average molecular weight is 307 g/mol. The number of nitrogens with zero attached hydrogens (tertiary/aromatic N) is 3. The summed E-state index contributed by atoms with van der Waals surface area (Å²) in [5.74, 6) is 0.950. The van der Waals surface area contributed by atoms with E-state index in [0.717, 1.165) is 30.2 Å². The lowest BCUT2D eigenvalue weighted by molar-refractivity contribution is 0.152. The largest absolute Gasteiger partial charge is 0.375 e. The van der Waals surface area contributed by atoms with E-state index in [1.807, 2.05) is 24.8 Å². The van der Waals surface area contributed by atoms with Gasteiger partial charge in [-0.25, -0.2) is 4.79 Å². The molecule has 1 aliphatic heterocycles. The van der Waals surface area contributed by atoms with Crippen molar-refractivity contribution in [3.05, 3.63) is 23.9 Å². The molecule has 1 saturated heterocycles. The topological polar surface area (TPSA) is 73.5 Å². The molecule has 7 nitrogen and oxygen atoms in total. The second-order valence-corrected chi connectivity index (χ2v) is 5.62. The number of amides is 2. The Labute approximate surface area is 131 Å². The zero-order valence-electron chi connectivity index (χ0n) is 13.4. The van der Waals surface area contributed by atoms with E-state index in [4.69, 9.17) is 4.74 Å². The fourth-order valence-electron chi connectivity index (χ4n) is 2.29. The van der Waals surface area contributed by atoms with Gasteiger partial charge in [-0.15, -0.1) is 0 Å². The smallest absolute Gasteiger partial charge is 0.317 e. The van der Waals surface area contributed by atoms with Crippen molar-refractivity contribution >= 4 is 11.8 Å². The van der Waals surface area contributed by atoms with E-state index in [2.05, 4.69) is 27.0 Å².